The summed E-state index contributed by atoms with van der Waals surface area (Å²) in [7, 11) is 0. The van der Waals surface area contributed by atoms with Gasteiger partial charge in [0.15, 0.2) is 0 Å². The average Bonchev–Trinajstić information content (AvgIpc) is 2.87. The second-order valence-corrected chi connectivity index (χ2v) is 7.42. The van der Waals surface area contributed by atoms with Gasteiger partial charge in [-0.2, -0.15) is 0 Å². The number of carbonyl (C=O) groups excluding carboxylic acids is 3. The minimum Gasteiger partial charge on any atom is -0.339 e. The van der Waals surface area contributed by atoms with Crippen LogP contribution in [0.1, 0.15) is 48.9 Å². The van der Waals surface area contributed by atoms with Crippen LogP contribution in [-0.2, 0) is 9.59 Å². The zero-order chi connectivity index (χ0) is 18.1. The molecule has 3 amide bonds. The molecule has 0 aromatic heterocycles. The maximum Gasteiger partial charge on any atom is 0.253 e. The van der Waals surface area contributed by atoms with Crippen molar-refractivity contribution in [3.63, 3.8) is 0 Å². The zero-order valence-corrected chi connectivity index (χ0v) is 14.9. The Morgan fingerprint density at radius 1 is 0.808 bits per heavy atom. The summed E-state index contributed by atoms with van der Waals surface area (Å²) in [5.74, 6) is -0.654. The first-order chi connectivity index (χ1) is 12.7. The molecule has 2 aliphatic heterocycles. The fraction of sp³-hybridized carbons (Fsp3) is 0.476. The summed E-state index contributed by atoms with van der Waals surface area (Å²) in [6.07, 6.45) is 9.71. The summed E-state index contributed by atoms with van der Waals surface area (Å²) in [4.78, 5) is 41.2. The van der Waals surface area contributed by atoms with Crippen molar-refractivity contribution in [2.75, 3.05) is 18.0 Å². The van der Waals surface area contributed by atoms with E-state index in [4.69, 9.17) is 0 Å². The van der Waals surface area contributed by atoms with Crippen molar-refractivity contribution >= 4 is 23.4 Å². The molecule has 0 radical (unpaired) electrons. The number of nitrogens with zero attached hydrogens (tertiary/aromatic N) is 2. The molecule has 4 rings (SSSR count). The van der Waals surface area contributed by atoms with Crippen molar-refractivity contribution in [3.05, 3.63) is 42.0 Å². The van der Waals surface area contributed by atoms with Gasteiger partial charge in [0.05, 0.1) is 17.5 Å². The van der Waals surface area contributed by atoms with E-state index in [0.29, 0.717) is 24.1 Å². The van der Waals surface area contributed by atoms with Gasteiger partial charge >= 0.3 is 0 Å². The number of likely N-dealkylation sites (tertiary alicyclic amines) is 1. The molecule has 5 nitrogen and oxygen atoms in total. The van der Waals surface area contributed by atoms with E-state index < -0.39 is 0 Å². The third-order valence-electron chi connectivity index (χ3n) is 5.77. The molecule has 1 aromatic carbocycles. The molecule has 0 unspecified atom stereocenters. The molecule has 26 heavy (non-hydrogen) atoms. The highest BCUT2D eigenvalue weighted by Gasteiger charge is 2.47. The largest absolute Gasteiger partial charge is 0.339 e. The molecular formula is C21H24N2O3. The van der Waals surface area contributed by atoms with Crippen molar-refractivity contribution in [2.24, 2.45) is 11.8 Å². The maximum absolute atomic E-state index is 12.7. The van der Waals surface area contributed by atoms with Gasteiger partial charge in [-0.05, 0) is 49.9 Å². The molecule has 5 heteroatoms. The summed E-state index contributed by atoms with van der Waals surface area (Å²) in [6.45, 7) is 1.61. The number of benzene rings is 1. The van der Waals surface area contributed by atoms with Gasteiger partial charge in [0, 0.05) is 18.7 Å². The second kappa shape index (κ2) is 7.06. The number of imide groups is 1. The van der Waals surface area contributed by atoms with E-state index in [1.807, 2.05) is 17.1 Å². The van der Waals surface area contributed by atoms with Crippen LogP contribution in [0.3, 0.4) is 0 Å². The number of fused-ring (bicyclic) bond motifs is 1. The van der Waals surface area contributed by atoms with E-state index in [1.54, 1.807) is 24.3 Å². The van der Waals surface area contributed by atoms with Crippen LogP contribution in [0, 0.1) is 11.8 Å². The van der Waals surface area contributed by atoms with Gasteiger partial charge in [0.25, 0.3) is 5.91 Å². The van der Waals surface area contributed by atoms with Crippen LogP contribution in [-0.4, -0.2) is 35.7 Å². The monoisotopic (exact) mass is 352 g/mol. The molecule has 136 valence electrons. The minimum absolute atomic E-state index is 0.0374. The number of allylic oxidation sites excluding steroid dienone is 2. The van der Waals surface area contributed by atoms with Crippen LogP contribution in [0.4, 0.5) is 5.69 Å². The van der Waals surface area contributed by atoms with Crippen molar-refractivity contribution in [2.45, 2.75) is 38.5 Å². The van der Waals surface area contributed by atoms with Crippen LogP contribution in [0.15, 0.2) is 36.4 Å². The lowest BCUT2D eigenvalue weighted by molar-refractivity contribution is -0.122. The highest BCUT2D eigenvalue weighted by Crippen LogP contribution is 2.37. The van der Waals surface area contributed by atoms with Crippen LogP contribution in [0.25, 0.3) is 0 Å². The molecule has 0 bridgehead atoms. The smallest absolute Gasteiger partial charge is 0.253 e. The van der Waals surface area contributed by atoms with Gasteiger partial charge in [0.2, 0.25) is 11.8 Å². The first kappa shape index (κ1) is 17.0. The Morgan fingerprint density at radius 3 is 1.88 bits per heavy atom. The molecule has 0 N–H and O–H groups in total. The Labute approximate surface area is 153 Å². The molecular weight excluding hydrogens is 328 g/mol. The first-order valence-electron chi connectivity index (χ1n) is 9.59. The van der Waals surface area contributed by atoms with E-state index >= 15 is 0 Å². The van der Waals surface area contributed by atoms with E-state index in [0.717, 1.165) is 25.9 Å². The summed E-state index contributed by atoms with van der Waals surface area (Å²) >= 11 is 0. The Hall–Kier alpha value is -2.43. The number of anilines is 1. The molecule has 0 spiro atoms. The predicted molar refractivity (Wildman–Crippen MR) is 98.7 cm³/mol. The summed E-state index contributed by atoms with van der Waals surface area (Å²) in [6, 6.07) is 6.93. The van der Waals surface area contributed by atoms with E-state index in [1.165, 1.54) is 17.7 Å². The molecule has 2 fully saturated rings. The van der Waals surface area contributed by atoms with Crippen molar-refractivity contribution in [1.29, 1.82) is 0 Å². The van der Waals surface area contributed by atoms with Crippen molar-refractivity contribution in [3.8, 4) is 0 Å². The van der Waals surface area contributed by atoms with Gasteiger partial charge in [-0.15, -0.1) is 0 Å². The second-order valence-electron chi connectivity index (χ2n) is 7.42. The summed E-state index contributed by atoms with van der Waals surface area (Å²) in [5.41, 5.74) is 1.19. The molecule has 2 heterocycles. The fourth-order valence-electron chi connectivity index (χ4n) is 4.26. The van der Waals surface area contributed by atoms with Gasteiger partial charge in [-0.25, -0.2) is 0 Å². The number of rotatable bonds is 2. The van der Waals surface area contributed by atoms with E-state index in [2.05, 4.69) is 0 Å². The van der Waals surface area contributed by atoms with Gasteiger partial charge in [0.1, 0.15) is 0 Å². The highest BCUT2D eigenvalue weighted by atomic mass is 16.2. The standard InChI is InChI=1S/C21H24N2O3/c24-19(22-13-5-1-2-6-14-22)15-9-11-16(12-10-15)23-20(25)17-7-3-4-8-18(17)21(23)26/h3-4,9-12,17-18H,1-2,5-8,13-14H2/t17-,18-/m0/s1. The van der Waals surface area contributed by atoms with Crippen molar-refractivity contribution < 1.29 is 14.4 Å². The number of hydrogen-bond acceptors (Lipinski definition) is 3. The van der Waals surface area contributed by atoms with Crippen LogP contribution < -0.4 is 4.90 Å². The normalized spacial score (nSPS) is 26.0. The Kier molecular flexibility index (Phi) is 4.62. The highest BCUT2D eigenvalue weighted by molar-refractivity contribution is 6.22. The lowest BCUT2D eigenvalue weighted by Crippen LogP contribution is -2.32. The molecule has 1 aliphatic carbocycles. The third kappa shape index (κ3) is 2.96. The fourth-order valence-corrected chi connectivity index (χ4v) is 4.26. The Balaban J connectivity index is 1.52. The molecule has 3 aliphatic rings. The van der Waals surface area contributed by atoms with Crippen LogP contribution >= 0.6 is 0 Å². The van der Waals surface area contributed by atoms with Gasteiger partial charge < -0.3 is 4.90 Å². The number of carbonyl (C=O) groups is 3. The Morgan fingerprint density at radius 2 is 1.35 bits per heavy atom. The van der Waals surface area contributed by atoms with Crippen LogP contribution in [0.5, 0.6) is 0 Å². The lowest BCUT2D eigenvalue weighted by atomic mass is 9.85. The third-order valence-corrected chi connectivity index (χ3v) is 5.77. The quantitative estimate of drug-likeness (QED) is 0.607. The maximum atomic E-state index is 12.7. The number of hydrogen-bond donors (Lipinski definition) is 0. The molecule has 2 atom stereocenters. The lowest BCUT2D eigenvalue weighted by Gasteiger charge is -2.21. The van der Waals surface area contributed by atoms with Crippen molar-refractivity contribution in [1.82, 2.24) is 4.90 Å². The Bertz CT molecular complexity index is 719. The number of amides is 3. The van der Waals surface area contributed by atoms with E-state index in [9.17, 15) is 14.4 Å². The average molecular weight is 352 g/mol. The topological polar surface area (TPSA) is 57.7 Å². The summed E-state index contributed by atoms with van der Waals surface area (Å²) in [5, 5.41) is 0. The van der Waals surface area contributed by atoms with E-state index in [-0.39, 0.29) is 29.6 Å². The first-order valence-corrected chi connectivity index (χ1v) is 9.59. The van der Waals surface area contributed by atoms with Gasteiger partial charge in [-0.1, -0.05) is 25.0 Å². The summed E-state index contributed by atoms with van der Waals surface area (Å²) < 4.78 is 0. The predicted octanol–water partition coefficient (Wildman–Crippen LogP) is 3.16. The molecule has 0 saturated carbocycles. The SMILES string of the molecule is O=C(c1ccc(N2C(=O)[C@H]3CC=CC[C@@H]3C2=O)cc1)N1CCCCCC1. The van der Waals surface area contributed by atoms with Crippen LogP contribution in [0.2, 0.25) is 0 Å². The van der Waals surface area contributed by atoms with Gasteiger partial charge in [-0.3, -0.25) is 19.3 Å². The zero-order valence-electron chi connectivity index (χ0n) is 14.9. The minimum atomic E-state index is -0.231. The molecule has 2 saturated heterocycles. The molecule has 1 aromatic rings.